The van der Waals surface area contributed by atoms with Gasteiger partial charge in [-0.3, -0.25) is 0 Å². The Labute approximate surface area is 309 Å². The molecule has 0 unspecified atom stereocenters. The van der Waals surface area contributed by atoms with Crippen LogP contribution < -0.4 is 4.90 Å². The third kappa shape index (κ3) is 5.01. The molecule has 1 aliphatic rings. The number of oxazole rings is 1. The van der Waals surface area contributed by atoms with Crippen LogP contribution in [0.3, 0.4) is 0 Å². The highest BCUT2D eigenvalue weighted by Crippen LogP contribution is 2.58. The lowest BCUT2D eigenvalue weighted by molar-refractivity contribution is 0.620. The van der Waals surface area contributed by atoms with Crippen LogP contribution in [0.5, 0.6) is 0 Å². The molecule has 10 rings (SSSR count). The number of nitrogens with zero attached hydrogens (tertiary/aromatic N) is 2. The molecule has 0 bridgehead atoms. The molecule has 250 valence electrons. The van der Waals surface area contributed by atoms with Crippen molar-refractivity contribution < 1.29 is 4.42 Å². The molecular formula is C50H34N2O. The van der Waals surface area contributed by atoms with Gasteiger partial charge in [0.2, 0.25) is 5.89 Å². The lowest BCUT2D eigenvalue weighted by Crippen LogP contribution is -2.28. The van der Waals surface area contributed by atoms with Crippen molar-refractivity contribution in [3.8, 4) is 33.7 Å². The Hall–Kier alpha value is -6.97. The molecule has 0 saturated carbocycles. The van der Waals surface area contributed by atoms with E-state index in [1.807, 2.05) is 0 Å². The third-order valence-electron chi connectivity index (χ3n) is 10.6. The largest absolute Gasteiger partial charge is 0.436 e. The number of anilines is 3. The van der Waals surface area contributed by atoms with Crippen molar-refractivity contribution in [1.29, 1.82) is 0 Å². The molecule has 8 aromatic carbocycles. The summed E-state index contributed by atoms with van der Waals surface area (Å²) >= 11 is 0. The van der Waals surface area contributed by atoms with E-state index in [9.17, 15) is 0 Å². The van der Waals surface area contributed by atoms with Gasteiger partial charge in [-0.25, -0.2) is 4.98 Å². The van der Waals surface area contributed by atoms with Crippen molar-refractivity contribution in [2.45, 2.75) is 5.41 Å². The van der Waals surface area contributed by atoms with Gasteiger partial charge in [-0.1, -0.05) is 152 Å². The predicted octanol–water partition coefficient (Wildman–Crippen LogP) is 13.0. The molecule has 0 saturated heterocycles. The predicted molar refractivity (Wildman–Crippen MR) is 217 cm³/mol. The fourth-order valence-corrected chi connectivity index (χ4v) is 8.25. The monoisotopic (exact) mass is 678 g/mol. The molecule has 3 nitrogen and oxygen atoms in total. The molecule has 0 fully saturated rings. The van der Waals surface area contributed by atoms with E-state index in [1.165, 1.54) is 33.4 Å². The highest BCUT2D eigenvalue weighted by molar-refractivity contribution is 5.97. The van der Waals surface area contributed by atoms with E-state index >= 15 is 0 Å². The molecule has 1 heterocycles. The van der Waals surface area contributed by atoms with Gasteiger partial charge in [0, 0.05) is 28.2 Å². The zero-order valence-corrected chi connectivity index (χ0v) is 28.9. The van der Waals surface area contributed by atoms with Crippen LogP contribution in [0.4, 0.5) is 17.1 Å². The Morgan fingerprint density at radius 1 is 0.396 bits per heavy atom. The SMILES string of the molecule is c1ccc(N(c2ccccc2)c2ccc(-c3ccc(-c4nc5c6c(ccc5o4)-c4ccccc4C6(c4ccccc4)c4ccccc4)cc3)cc2)cc1. The van der Waals surface area contributed by atoms with E-state index in [4.69, 9.17) is 9.40 Å². The fraction of sp³-hybridized carbons (Fsp3) is 0.0200. The van der Waals surface area contributed by atoms with Gasteiger partial charge in [0.1, 0.15) is 5.52 Å². The summed E-state index contributed by atoms with van der Waals surface area (Å²) < 4.78 is 6.60. The van der Waals surface area contributed by atoms with E-state index < -0.39 is 5.41 Å². The van der Waals surface area contributed by atoms with Crippen LogP contribution in [0.15, 0.2) is 211 Å². The first-order valence-electron chi connectivity index (χ1n) is 18.0. The van der Waals surface area contributed by atoms with Crippen LogP contribution in [0.2, 0.25) is 0 Å². The summed E-state index contributed by atoms with van der Waals surface area (Å²) in [6.45, 7) is 0. The summed E-state index contributed by atoms with van der Waals surface area (Å²) in [5, 5.41) is 0. The topological polar surface area (TPSA) is 29.3 Å². The van der Waals surface area contributed by atoms with Gasteiger partial charge in [0.15, 0.2) is 5.58 Å². The molecule has 0 spiro atoms. The first-order valence-corrected chi connectivity index (χ1v) is 18.0. The molecule has 0 amide bonds. The molecule has 9 aromatic rings. The summed E-state index contributed by atoms with van der Waals surface area (Å²) in [7, 11) is 0. The average Bonchev–Trinajstić information content (AvgIpc) is 3.81. The van der Waals surface area contributed by atoms with Crippen LogP contribution in [0, 0.1) is 0 Å². The van der Waals surface area contributed by atoms with Crippen molar-refractivity contribution in [1.82, 2.24) is 4.98 Å². The van der Waals surface area contributed by atoms with Gasteiger partial charge in [-0.15, -0.1) is 0 Å². The number of benzene rings is 8. The Kier molecular flexibility index (Phi) is 7.36. The van der Waals surface area contributed by atoms with Crippen molar-refractivity contribution in [3.63, 3.8) is 0 Å². The van der Waals surface area contributed by atoms with Crippen molar-refractivity contribution in [3.05, 3.63) is 229 Å². The molecule has 0 N–H and O–H groups in total. The maximum absolute atomic E-state index is 6.60. The summed E-state index contributed by atoms with van der Waals surface area (Å²) in [6.07, 6.45) is 0. The average molecular weight is 679 g/mol. The smallest absolute Gasteiger partial charge is 0.227 e. The highest BCUT2D eigenvalue weighted by Gasteiger charge is 2.48. The molecule has 3 heteroatoms. The number of hydrogen-bond donors (Lipinski definition) is 0. The van der Waals surface area contributed by atoms with Gasteiger partial charge in [-0.05, 0) is 93.5 Å². The number of hydrogen-bond acceptors (Lipinski definition) is 3. The maximum atomic E-state index is 6.60. The molecule has 1 aliphatic carbocycles. The van der Waals surface area contributed by atoms with E-state index in [2.05, 4.69) is 211 Å². The Morgan fingerprint density at radius 3 is 1.45 bits per heavy atom. The quantitative estimate of drug-likeness (QED) is 0.168. The minimum Gasteiger partial charge on any atom is -0.436 e. The van der Waals surface area contributed by atoms with E-state index in [0.29, 0.717) is 5.89 Å². The van der Waals surface area contributed by atoms with Gasteiger partial charge >= 0.3 is 0 Å². The van der Waals surface area contributed by atoms with Crippen molar-refractivity contribution in [2.24, 2.45) is 0 Å². The summed E-state index contributed by atoms with van der Waals surface area (Å²) in [5.41, 5.74) is 14.9. The van der Waals surface area contributed by atoms with Crippen LogP contribution in [0.25, 0.3) is 44.8 Å². The second-order valence-corrected chi connectivity index (χ2v) is 13.5. The molecule has 0 radical (unpaired) electrons. The van der Waals surface area contributed by atoms with E-state index in [1.54, 1.807) is 0 Å². The maximum Gasteiger partial charge on any atom is 0.227 e. The summed E-state index contributed by atoms with van der Waals surface area (Å²) in [5.74, 6) is 0.614. The lowest BCUT2D eigenvalue weighted by Gasteiger charge is -2.33. The Morgan fingerprint density at radius 2 is 0.868 bits per heavy atom. The van der Waals surface area contributed by atoms with Crippen LogP contribution >= 0.6 is 0 Å². The van der Waals surface area contributed by atoms with Gasteiger partial charge < -0.3 is 9.32 Å². The summed E-state index contributed by atoms with van der Waals surface area (Å²) in [4.78, 5) is 7.58. The van der Waals surface area contributed by atoms with Crippen molar-refractivity contribution in [2.75, 3.05) is 4.90 Å². The number of aromatic nitrogens is 1. The molecule has 0 atom stereocenters. The molecule has 0 aliphatic heterocycles. The van der Waals surface area contributed by atoms with Crippen LogP contribution in [-0.2, 0) is 5.41 Å². The van der Waals surface area contributed by atoms with Gasteiger partial charge in [-0.2, -0.15) is 0 Å². The van der Waals surface area contributed by atoms with Gasteiger partial charge in [0.25, 0.3) is 0 Å². The zero-order valence-electron chi connectivity index (χ0n) is 28.9. The van der Waals surface area contributed by atoms with E-state index in [-0.39, 0.29) is 0 Å². The second-order valence-electron chi connectivity index (χ2n) is 13.5. The molecule has 1 aromatic heterocycles. The minimum atomic E-state index is -0.547. The van der Waals surface area contributed by atoms with E-state index in [0.717, 1.165) is 44.9 Å². The standard InChI is InChI=1S/C50H34N2O/c1-5-15-38(16-6-1)50(39-17-7-2-8-18-39)45-24-14-13-23-43(45)44-33-34-46-48(47(44)50)51-49(53-46)37-27-25-35(26-28-37)36-29-31-42(32-30-36)52(40-19-9-3-10-20-40)41-21-11-4-12-22-41/h1-34H. The summed E-state index contributed by atoms with van der Waals surface area (Å²) in [6, 6.07) is 73.0. The van der Waals surface area contributed by atoms with Crippen LogP contribution in [-0.4, -0.2) is 4.98 Å². The molecular weight excluding hydrogens is 645 g/mol. The normalized spacial score (nSPS) is 12.7. The number of rotatable bonds is 7. The van der Waals surface area contributed by atoms with Crippen LogP contribution in [0.1, 0.15) is 22.3 Å². The second kappa shape index (κ2) is 12.7. The number of para-hydroxylation sites is 2. The zero-order chi connectivity index (χ0) is 35.2. The Bertz CT molecular complexity index is 2610. The minimum absolute atomic E-state index is 0.547. The Balaban J connectivity index is 1.04. The first-order chi connectivity index (χ1) is 26.3. The van der Waals surface area contributed by atoms with Gasteiger partial charge in [0.05, 0.1) is 5.41 Å². The lowest BCUT2D eigenvalue weighted by atomic mass is 9.67. The number of fused-ring (bicyclic) bond motifs is 5. The highest BCUT2D eigenvalue weighted by atomic mass is 16.3. The fourth-order valence-electron chi connectivity index (χ4n) is 8.25. The first kappa shape index (κ1) is 30.8. The van der Waals surface area contributed by atoms with Crippen molar-refractivity contribution >= 4 is 28.2 Å². The third-order valence-corrected chi connectivity index (χ3v) is 10.6. The molecule has 53 heavy (non-hydrogen) atoms.